The molecule has 2 aromatic carbocycles. The fourth-order valence-corrected chi connectivity index (χ4v) is 1.96. The van der Waals surface area contributed by atoms with E-state index in [1.165, 1.54) is 12.1 Å². The summed E-state index contributed by atoms with van der Waals surface area (Å²) in [6.45, 7) is 4.14. The molecule has 0 saturated heterocycles. The number of halogens is 1. The molecular formula is C17H19FN2O. The first-order chi connectivity index (χ1) is 10.0. The normalized spacial score (nSPS) is 12.0. The third kappa shape index (κ3) is 4.68. The van der Waals surface area contributed by atoms with E-state index in [2.05, 4.69) is 10.6 Å². The Hall–Kier alpha value is -2.20. The van der Waals surface area contributed by atoms with E-state index in [0.29, 0.717) is 0 Å². The van der Waals surface area contributed by atoms with Crippen LogP contribution in [0.1, 0.15) is 24.1 Å². The van der Waals surface area contributed by atoms with Gasteiger partial charge in [0, 0.05) is 11.7 Å². The number of anilines is 1. The molecule has 0 radical (unpaired) electrons. The first kappa shape index (κ1) is 15.2. The number of carbonyl (C=O) groups excluding carboxylic acids is 1. The van der Waals surface area contributed by atoms with Gasteiger partial charge in [0.25, 0.3) is 0 Å². The lowest BCUT2D eigenvalue weighted by molar-refractivity contribution is -0.115. The van der Waals surface area contributed by atoms with Crippen molar-refractivity contribution in [1.29, 1.82) is 0 Å². The molecular weight excluding hydrogens is 267 g/mol. The van der Waals surface area contributed by atoms with Gasteiger partial charge >= 0.3 is 0 Å². The Balaban J connectivity index is 1.83. The van der Waals surface area contributed by atoms with Crippen molar-refractivity contribution in [2.75, 3.05) is 11.9 Å². The van der Waals surface area contributed by atoms with Gasteiger partial charge in [-0.15, -0.1) is 0 Å². The van der Waals surface area contributed by atoms with Crippen molar-refractivity contribution >= 4 is 11.6 Å². The van der Waals surface area contributed by atoms with Crippen molar-refractivity contribution in [3.63, 3.8) is 0 Å². The van der Waals surface area contributed by atoms with Gasteiger partial charge in [-0.1, -0.05) is 29.8 Å². The number of nitrogens with one attached hydrogen (secondary N) is 2. The van der Waals surface area contributed by atoms with Gasteiger partial charge in [0.15, 0.2) is 0 Å². The molecule has 0 saturated carbocycles. The monoisotopic (exact) mass is 286 g/mol. The molecule has 4 heteroatoms. The Morgan fingerprint density at radius 1 is 1.10 bits per heavy atom. The van der Waals surface area contributed by atoms with Crippen LogP contribution in [0.5, 0.6) is 0 Å². The van der Waals surface area contributed by atoms with Crippen LogP contribution < -0.4 is 10.6 Å². The van der Waals surface area contributed by atoms with E-state index in [0.717, 1.165) is 16.8 Å². The summed E-state index contributed by atoms with van der Waals surface area (Å²) >= 11 is 0. The largest absolute Gasteiger partial charge is 0.325 e. The van der Waals surface area contributed by atoms with Crippen LogP contribution in [0.4, 0.5) is 10.1 Å². The van der Waals surface area contributed by atoms with E-state index in [1.54, 1.807) is 12.1 Å². The number of hydrogen-bond donors (Lipinski definition) is 2. The fraction of sp³-hybridized carbons (Fsp3) is 0.235. The van der Waals surface area contributed by atoms with Crippen molar-refractivity contribution in [1.82, 2.24) is 5.32 Å². The fourth-order valence-electron chi connectivity index (χ4n) is 1.96. The molecule has 2 N–H and O–H groups in total. The summed E-state index contributed by atoms with van der Waals surface area (Å²) in [5.74, 6) is -0.365. The van der Waals surface area contributed by atoms with E-state index >= 15 is 0 Å². The van der Waals surface area contributed by atoms with Crippen LogP contribution in [-0.2, 0) is 4.79 Å². The smallest absolute Gasteiger partial charge is 0.238 e. The second-order valence-corrected chi connectivity index (χ2v) is 5.07. The van der Waals surface area contributed by atoms with E-state index in [-0.39, 0.29) is 24.3 Å². The first-order valence-electron chi connectivity index (χ1n) is 6.90. The maximum atomic E-state index is 12.9. The Morgan fingerprint density at radius 2 is 1.71 bits per heavy atom. The SMILES string of the molecule is Cc1ccc(NC(=O)CN[C@H](C)c2ccc(F)cc2)cc1. The lowest BCUT2D eigenvalue weighted by Crippen LogP contribution is -2.30. The minimum Gasteiger partial charge on any atom is -0.325 e. The van der Waals surface area contributed by atoms with Crippen LogP contribution in [0.15, 0.2) is 48.5 Å². The standard InChI is InChI=1S/C17H19FN2O/c1-12-3-9-16(10-4-12)20-17(21)11-19-13(2)14-5-7-15(18)8-6-14/h3-10,13,19H,11H2,1-2H3,(H,20,21)/t13-/m1/s1. The lowest BCUT2D eigenvalue weighted by atomic mass is 10.1. The zero-order chi connectivity index (χ0) is 15.2. The summed E-state index contributed by atoms with van der Waals surface area (Å²) in [5.41, 5.74) is 2.87. The summed E-state index contributed by atoms with van der Waals surface area (Å²) in [5, 5.41) is 5.94. The van der Waals surface area contributed by atoms with Gasteiger partial charge in [-0.2, -0.15) is 0 Å². The van der Waals surface area contributed by atoms with E-state index < -0.39 is 0 Å². The van der Waals surface area contributed by atoms with Crippen LogP contribution in [0.3, 0.4) is 0 Å². The second kappa shape index (κ2) is 6.99. The van der Waals surface area contributed by atoms with Gasteiger partial charge < -0.3 is 10.6 Å². The highest BCUT2D eigenvalue weighted by atomic mass is 19.1. The molecule has 0 bridgehead atoms. The zero-order valence-electron chi connectivity index (χ0n) is 12.2. The molecule has 0 fully saturated rings. The molecule has 1 amide bonds. The van der Waals surface area contributed by atoms with Crippen molar-refractivity contribution in [2.24, 2.45) is 0 Å². The topological polar surface area (TPSA) is 41.1 Å². The van der Waals surface area contributed by atoms with Gasteiger partial charge in [-0.05, 0) is 43.7 Å². The van der Waals surface area contributed by atoms with Crippen LogP contribution >= 0.6 is 0 Å². The first-order valence-corrected chi connectivity index (χ1v) is 6.90. The molecule has 110 valence electrons. The molecule has 0 aliphatic carbocycles. The van der Waals surface area contributed by atoms with E-state index in [1.807, 2.05) is 38.1 Å². The maximum absolute atomic E-state index is 12.9. The summed E-state index contributed by atoms with van der Waals surface area (Å²) in [6, 6.07) is 13.9. The van der Waals surface area contributed by atoms with Gasteiger partial charge in [0.2, 0.25) is 5.91 Å². The molecule has 2 aromatic rings. The highest BCUT2D eigenvalue weighted by molar-refractivity contribution is 5.92. The molecule has 1 atom stereocenters. The average Bonchev–Trinajstić information content (AvgIpc) is 2.48. The van der Waals surface area contributed by atoms with Crippen molar-refractivity contribution in [3.8, 4) is 0 Å². The van der Waals surface area contributed by atoms with Gasteiger partial charge in [0.05, 0.1) is 6.54 Å². The number of aryl methyl sites for hydroxylation is 1. The van der Waals surface area contributed by atoms with Crippen LogP contribution in [0, 0.1) is 12.7 Å². The third-order valence-corrected chi connectivity index (χ3v) is 3.27. The minimum absolute atomic E-state index is 0.0191. The van der Waals surface area contributed by atoms with E-state index in [4.69, 9.17) is 0 Å². The third-order valence-electron chi connectivity index (χ3n) is 3.27. The minimum atomic E-state index is -0.261. The number of amides is 1. The van der Waals surface area contributed by atoms with Gasteiger partial charge in [0.1, 0.15) is 5.82 Å². The van der Waals surface area contributed by atoms with Crippen molar-refractivity contribution in [3.05, 3.63) is 65.5 Å². The van der Waals surface area contributed by atoms with Gasteiger partial charge in [-0.25, -0.2) is 4.39 Å². The lowest BCUT2D eigenvalue weighted by Gasteiger charge is -2.14. The summed E-state index contributed by atoms with van der Waals surface area (Å²) in [4.78, 5) is 11.9. The van der Waals surface area contributed by atoms with E-state index in [9.17, 15) is 9.18 Å². The molecule has 0 aliphatic heterocycles. The molecule has 0 unspecified atom stereocenters. The quantitative estimate of drug-likeness (QED) is 0.884. The number of benzene rings is 2. The number of rotatable bonds is 5. The highest BCUT2D eigenvalue weighted by Crippen LogP contribution is 2.12. The predicted octanol–water partition coefficient (Wildman–Crippen LogP) is 3.42. The maximum Gasteiger partial charge on any atom is 0.238 e. The number of hydrogen-bond acceptors (Lipinski definition) is 2. The molecule has 0 spiro atoms. The Kier molecular flexibility index (Phi) is 5.06. The molecule has 0 heterocycles. The summed E-state index contributed by atoms with van der Waals surface area (Å²) < 4.78 is 12.9. The Bertz CT molecular complexity index is 593. The van der Waals surface area contributed by atoms with Crippen molar-refractivity contribution < 1.29 is 9.18 Å². The Labute approximate surface area is 124 Å². The van der Waals surface area contributed by atoms with Crippen molar-refractivity contribution in [2.45, 2.75) is 19.9 Å². The average molecular weight is 286 g/mol. The van der Waals surface area contributed by atoms with Crippen LogP contribution in [0.2, 0.25) is 0 Å². The molecule has 0 aliphatic rings. The highest BCUT2D eigenvalue weighted by Gasteiger charge is 2.08. The van der Waals surface area contributed by atoms with Gasteiger partial charge in [-0.3, -0.25) is 4.79 Å². The summed E-state index contributed by atoms with van der Waals surface area (Å²) in [7, 11) is 0. The van der Waals surface area contributed by atoms with Crippen LogP contribution in [-0.4, -0.2) is 12.5 Å². The predicted molar refractivity (Wildman–Crippen MR) is 82.6 cm³/mol. The molecule has 21 heavy (non-hydrogen) atoms. The summed E-state index contributed by atoms with van der Waals surface area (Å²) in [6.07, 6.45) is 0. The second-order valence-electron chi connectivity index (χ2n) is 5.07. The molecule has 3 nitrogen and oxygen atoms in total. The zero-order valence-corrected chi connectivity index (χ0v) is 12.2. The molecule has 2 rings (SSSR count). The Morgan fingerprint density at radius 3 is 2.33 bits per heavy atom. The molecule has 0 aromatic heterocycles. The number of carbonyl (C=O) groups is 1. The van der Waals surface area contributed by atoms with Crippen LogP contribution in [0.25, 0.3) is 0 Å².